The van der Waals surface area contributed by atoms with Gasteiger partial charge in [0.15, 0.2) is 0 Å². The molecule has 0 aliphatic heterocycles. The third-order valence-corrected chi connectivity index (χ3v) is 2.95. The molecule has 1 amide bonds. The lowest BCUT2D eigenvalue weighted by molar-refractivity contribution is -0.384. The van der Waals surface area contributed by atoms with E-state index in [0.29, 0.717) is 12.1 Å². The molecule has 0 radical (unpaired) electrons. The minimum Gasteiger partial charge on any atom is -0.347 e. The summed E-state index contributed by atoms with van der Waals surface area (Å²) in [5.41, 5.74) is 0.571. The van der Waals surface area contributed by atoms with Gasteiger partial charge in [0.05, 0.1) is 11.0 Å². The number of benzene rings is 1. The Bertz CT molecular complexity index is 491. The summed E-state index contributed by atoms with van der Waals surface area (Å²) in [6.45, 7) is 2.10. The molecule has 6 nitrogen and oxygen atoms in total. The van der Waals surface area contributed by atoms with Gasteiger partial charge in [-0.2, -0.15) is 0 Å². The zero-order valence-corrected chi connectivity index (χ0v) is 11.8. The second-order valence-corrected chi connectivity index (χ2v) is 4.79. The van der Waals surface area contributed by atoms with Crippen LogP contribution in [0.5, 0.6) is 0 Å². The highest BCUT2D eigenvalue weighted by Gasteiger charge is 2.16. The van der Waals surface area contributed by atoms with Crippen LogP contribution in [0, 0.1) is 10.1 Å². The molecular formula is C12H16ClN3O3. The van der Waals surface area contributed by atoms with Crippen LogP contribution in [0.15, 0.2) is 18.2 Å². The van der Waals surface area contributed by atoms with Crippen LogP contribution in [0.1, 0.15) is 12.5 Å². The number of nitrogens with zero attached hydrogens (tertiary/aromatic N) is 2. The van der Waals surface area contributed by atoms with Gasteiger partial charge in [0.2, 0.25) is 5.91 Å². The lowest BCUT2D eigenvalue weighted by Crippen LogP contribution is -2.41. The van der Waals surface area contributed by atoms with Gasteiger partial charge in [-0.25, -0.2) is 0 Å². The Morgan fingerprint density at radius 3 is 2.68 bits per heavy atom. The van der Waals surface area contributed by atoms with Gasteiger partial charge in [0.1, 0.15) is 5.02 Å². The summed E-state index contributed by atoms with van der Waals surface area (Å²) in [5.74, 6) is -0.0523. The minimum absolute atomic E-state index is 0.0523. The van der Waals surface area contributed by atoms with E-state index >= 15 is 0 Å². The summed E-state index contributed by atoms with van der Waals surface area (Å²) in [7, 11) is 3.35. The summed E-state index contributed by atoms with van der Waals surface area (Å²) in [4.78, 5) is 23.3. The molecule has 0 aliphatic rings. The number of hydrogen-bond acceptors (Lipinski definition) is 4. The second-order valence-electron chi connectivity index (χ2n) is 4.38. The molecule has 1 unspecified atom stereocenters. The van der Waals surface area contributed by atoms with Gasteiger partial charge in [-0.3, -0.25) is 14.9 Å². The predicted molar refractivity (Wildman–Crippen MR) is 73.1 cm³/mol. The minimum atomic E-state index is -0.528. The maximum Gasteiger partial charge on any atom is 0.288 e. The Morgan fingerprint density at radius 2 is 2.16 bits per heavy atom. The van der Waals surface area contributed by atoms with E-state index < -0.39 is 4.92 Å². The molecule has 7 heteroatoms. The molecule has 0 fully saturated rings. The number of nitro groups is 1. The molecule has 19 heavy (non-hydrogen) atoms. The van der Waals surface area contributed by atoms with Crippen molar-refractivity contribution in [2.45, 2.75) is 19.5 Å². The Balaban J connectivity index is 2.71. The number of carbonyl (C=O) groups excluding carboxylic acids is 1. The molecule has 0 aliphatic carbocycles. The standard InChI is InChI=1S/C12H16ClN3O3/c1-8(12(17)15(2)3)14-7-9-4-5-10(13)11(6-9)16(18)19/h4-6,8,14H,7H2,1-3H3. The number of likely N-dealkylation sites (N-methyl/N-ethyl adjacent to an activating group) is 1. The van der Waals surface area contributed by atoms with Crippen LogP contribution in [0.3, 0.4) is 0 Å². The molecule has 1 atom stereocenters. The first kappa shape index (κ1) is 15.4. The maximum absolute atomic E-state index is 11.6. The first-order chi connectivity index (χ1) is 8.82. The van der Waals surface area contributed by atoms with E-state index in [9.17, 15) is 14.9 Å². The quantitative estimate of drug-likeness (QED) is 0.661. The summed E-state index contributed by atoms with van der Waals surface area (Å²) >= 11 is 5.72. The highest BCUT2D eigenvalue weighted by Crippen LogP contribution is 2.24. The van der Waals surface area contributed by atoms with Gasteiger partial charge < -0.3 is 10.2 Å². The summed E-state index contributed by atoms with van der Waals surface area (Å²) in [5, 5.41) is 13.9. The van der Waals surface area contributed by atoms with Gasteiger partial charge in [0.25, 0.3) is 5.69 Å². The number of hydrogen-bond donors (Lipinski definition) is 1. The average molecular weight is 286 g/mol. The fourth-order valence-electron chi connectivity index (χ4n) is 1.55. The topological polar surface area (TPSA) is 75.5 Å². The Hall–Kier alpha value is -1.66. The van der Waals surface area contributed by atoms with Gasteiger partial charge in [-0.05, 0) is 18.6 Å². The van der Waals surface area contributed by atoms with Crippen LogP contribution in [0.4, 0.5) is 5.69 Å². The van der Waals surface area contributed by atoms with Crippen LogP contribution in [0.2, 0.25) is 5.02 Å². The van der Waals surface area contributed by atoms with E-state index in [1.807, 2.05) is 0 Å². The fraction of sp³-hybridized carbons (Fsp3) is 0.417. The van der Waals surface area contributed by atoms with E-state index in [4.69, 9.17) is 11.6 Å². The Kier molecular flexibility index (Phi) is 5.26. The molecular weight excluding hydrogens is 270 g/mol. The van der Waals surface area contributed by atoms with Crippen molar-refractivity contribution in [3.63, 3.8) is 0 Å². The van der Waals surface area contributed by atoms with Gasteiger partial charge in [-0.15, -0.1) is 0 Å². The molecule has 0 aromatic heterocycles. The number of amides is 1. The second kappa shape index (κ2) is 6.49. The SMILES string of the molecule is CC(NCc1ccc(Cl)c([N+](=O)[O-])c1)C(=O)N(C)C. The van der Waals surface area contributed by atoms with Crippen molar-refractivity contribution in [3.8, 4) is 0 Å². The Labute approximate surface area is 116 Å². The van der Waals surface area contributed by atoms with Crippen molar-refractivity contribution in [1.29, 1.82) is 0 Å². The smallest absolute Gasteiger partial charge is 0.288 e. The zero-order chi connectivity index (χ0) is 14.6. The van der Waals surface area contributed by atoms with E-state index in [2.05, 4.69) is 5.32 Å². The number of nitro benzene ring substituents is 1. The first-order valence-electron chi connectivity index (χ1n) is 5.70. The monoisotopic (exact) mass is 285 g/mol. The molecule has 0 bridgehead atoms. The highest BCUT2D eigenvalue weighted by atomic mass is 35.5. The van der Waals surface area contributed by atoms with Crippen LogP contribution in [0.25, 0.3) is 0 Å². The molecule has 1 rings (SSSR count). The molecule has 1 aromatic rings. The molecule has 0 saturated carbocycles. The molecule has 104 valence electrons. The van der Waals surface area contributed by atoms with E-state index in [1.54, 1.807) is 27.1 Å². The average Bonchev–Trinajstić information content (AvgIpc) is 2.35. The fourth-order valence-corrected chi connectivity index (χ4v) is 1.74. The van der Waals surface area contributed by atoms with E-state index in [-0.39, 0.29) is 22.7 Å². The molecule has 1 aromatic carbocycles. The zero-order valence-electron chi connectivity index (χ0n) is 11.0. The van der Waals surface area contributed by atoms with E-state index in [1.165, 1.54) is 17.0 Å². The molecule has 0 heterocycles. The van der Waals surface area contributed by atoms with Crippen molar-refractivity contribution in [3.05, 3.63) is 38.9 Å². The number of carbonyl (C=O) groups is 1. The first-order valence-corrected chi connectivity index (χ1v) is 6.08. The van der Waals surface area contributed by atoms with Gasteiger partial charge in [0, 0.05) is 26.7 Å². The maximum atomic E-state index is 11.6. The van der Waals surface area contributed by atoms with Crippen LogP contribution in [-0.2, 0) is 11.3 Å². The summed E-state index contributed by atoms with van der Waals surface area (Å²) < 4.78 is 0. The van der Waals surface area contributed by atoms with Gasteiger partial charge >= 0.3 is 0 Å². The van der Waals surface area contributed by atoms with Gasteiger partial charge in [-0.1, -0.05) is 17.7 Å². The molecule has 1 N–H and O–H groups in total. The van der Waals surface area contributed by atoms with Crippen LogP contribution < -0.4 is 5.32 Å². The van der Waals surface area contributed by atoms with Crippen molar-refractivity contribution in [2.24, 2.45) is 0 Å². The molecule has 0 spiro atoms. The number of nitrogens with one attached hydrogen (secondary N) is 1. The highest BCUT2D eigenvalue weighted by molar-refractivity contribution is 6.32. The largest absolute Gasteiger partial charge is 0.347 e. The predicted octanol–water partition coefficient (Wildman–Crippen LogP) is 1.81. The lowest BCUT2D eigenvalue weighted by atomic mass is 10.2. The summed E-state index contributed by atoms with van der Waals surface area (Å²) in [6, 6.07) is 4.22. The Morgan fingerprint density at radius 1 is 1.53 bits per heavy atom. The molecule has 0 saturated heterocycles. The van der Waals surface area contributed by atoms with E-state index in [0.717, 1.165) is 0 Å². The van der Waals surface area contributed by atoms with Crippen LogP contribution in [-0.4, -0.2) is 35.9 Å². The van der Waals surface area contributed by atoms with Crippen molar-refractivity contribution in [1.82, 2.24) is 10.2 Å². The van der Waals surface area contributed by atoms with Crippen molar-refractivity contribution < 1.29 is 9.72 Å². The third-order valence-electron chi connectivity index (χ3n) is 2.63. The number of halogens is 1. The van der Waals surface area contributed by atoms with Crippen molar-refractivity contribution >= 4 is 23.2 Å². The van der Waals surface area contributed by atoms with Crippen molar-refractivity contribution in [2.75, 3.05) is 14.1 Å². The number of rotatable bonds is 5. The lowest BCUT2D eigenvalue weighted by Gasteiger charge is -2.18. The van der Waals surface area contributed by atoms with Crippen LogP contribution >= 0.6 is 11.6 Å². The third kappa shape index (κ3) is 4.18. The normalized spacial score (nSPS) is 12.0. The summed E-state index contributed by atoms with van der Waals surface area (Å²) in [6.07, 6.45) is 0.